The summed E-state index contributed by atoms with van der Waals surface area (Å²) in [6.45, 7) is 0.685. The van der Waals surface area contributed by atoms with Gasteiger partial charge in [-0.1, -0.05) is 36.8 Å². The predicted octanol–water partition coefficient (Wildman–Crippen LogP) is 2.87. The van der Waals surface area contributed by atoms with E-state index in [9.17, 15) is 4.79 Å². The van der Waals surface area contributed by atoms with Gasteiger partial charge in [-0.05, 0) is 30.2 Å². The highest BCUT2D eigenvalue weighted by atomic mass is 16.1. The molecule has 0 radical (unpaired) electrons. The van der Waals surface area contributed by atoms with E-state index in [4.69, 9.17) is 0 Å². The van der Waals surface area contributed by atoms with Crippen LogP contribution < -0.4 is 5.32 Å². The normalized spacial score (nSPS) is 15.8. The average Bonchev–Trinajstić information content (AvgIpc) is 3.06. The fraction of sp³-hybridized carbons (Fsp3) is 0.316. The van der Waals surface area contributed by atoms with Crippen LogP contribution in [0.4, 0.5) is 0 Å². The molecule has 5 heteroatoms. The first-order valence-electron chi connectivity index (χ1n) is 8.36. The van der Waals surface area contributed by atoms with Gasteiger partial charge in [-0.2, -0.15) is 0 Å². The van der Waals surface area contributed by atoms with Gasteiger partial charge in [0.05, 0.1) is 0 Å². The molecule has 1 fully saturated rings. The Morgan fingerprint density at radius 2 is 1.88 bits per heavy atom. The average molecular weight is 320 g/mol. The van der Waals surface area contributed by atoms with Crippen LogP contribution >= 0.6 is 0 Å². The van der Waals surface area contributed by atoms with E-state index < -0.39 is 0 Å². The minimum atomic E-state index is -0.147. The highest BCUT2D eigenvalue weighted by Crippen LogP contribution is 2.43. The molecule has 122 valence electrons. The molecule has 1 aromatic carbocycles. The van der Waals surface area contributed by atoms with Crippen molar-refractivity contribution in [2.24, 2.45) is 5.41 Å². The topological polar surface area (TPSA) is 59.3 Å². The zero-order chi connectivity index (χ0) is 16.4. The molecule has 2 heterocycles. The van der Waals surface area contributed by atoms with Gasteiger partial charge in [-0.3, -0.25) is 4.79 Å². The van der Waals surface area contributed by atoms with E-state index in [0.717, 1.165) is 19.3 Å². The lowest BCUT2D eigenvalue weighted by Crippen LogP contribution is -2.43. The summed E-state index contributed by atoms with van der Waals surface area (Å²) in [6, 6.07) is 10.5. The minimum absolute atomic E-state index is 0.147. The molecule has 0 unspecified atom stereocenters. The number of hydrogen-bond donors (Lipinski definition) is 1. The number of nitrogens with one attached hydrogen (secondary N) is 1. The summed E-state index contributed by atoms with van der Waals surface area (Å²) in [7, 11) is 0. The molecular weight excluding hydrogens is 300 g/mol. The Morgan fingerprint density at radius 1 is 1.12 bits per heavy atom. The highest BCUT2D eigenvalue weighted by Gasteiger charge is 2.37. The molecule has 0 spiro atoms. The van der Waals surface area contributed by atoms with E-state index in [0.29, 0.717) is 17.9 Å². The predicted molar refractivity (Wildman–Crippen MR) is 91.8 cm³/mol. The van der Waals surface area contributed by atoms with E-state index in [2.05, 4.69) is 39.6 Å². The standard InChI is InChI=1S/C19H20N4O/c24-18(16-17-21-10-12-23(17)11-9-20-16)22-14-19(7-4-8-19)13-15-5-2-1-3-6-15/h1-3,5-6,9-12H,4,7-8,13-14H2,(H,22,24). The molecule has 2 aromatic heterocycles. The lowest BCUT2D eigenvalue weighted by atomic mass is 9.65. The Kier molecular flexibility index (Phi) is 3.76. The van der Waals surface area contributed by atoms with Crippen LogP contribution in [0, 0.1) is 5.41 Å². The van der Waals surface area contributed by atoms with Gasteiger partial charge in [0.25, 0.3) is 5.91 Å². The number of nitrogens with zero attached hydrogens (tertiary/aromatic N) is 3. The van der Waals surface area contributed by atoms with Gasteiger partial charge < -0.3 is 9.72 Å². The number of hydrogen-bond acceptors (Lipinski definition) is 3. The number of carbonyl (C=O) groups excluding carboxylic acids is 1. The molecule has 0 aliphatic heterocycles. The van der Waals surface area contributed by atoms with Crippen LogP contribution in [0.25, 0.3) is 5.65 Å². The number of imidazole rings is 1. The molecule has 1 aliphatic rings. The Hall–Kier alpha value is -2.69. The summed E-state index contributed by atoms with van der Waals surface area (Å²) in [5.41, 5.74) is 2.50. The third kappa shape index (κ3) is 2.77. The lowest BCUT2D eigenvalue weighted by Gasteiger charge is -2.42. The summed E-state index contributed by atoms with van der Waals surface area (Å²) >= 11 is 0. The van der Waals surface area contributed by atoms with Crippen LogP contribution in [0.15, 0.2) is 55.1 Å². The van der Waals surface area contributed by atoms with Crippen molar-refractivity contribution in [2.45, 2.75) is 25.7 Å². The van der Waals surface area contributed by atoms with Gasteiger partial charge in [0.1, 0.15) is 0 Å². The van der Waals surface area contributed by atoms with Crippen LogP contribution in [0.5, 0.6) is 0 Å². The van der Waals surface area contributed by atoms with Gasteiger partial charge in [0, 0.05) is 31.3 Å². The summed E-state index contributed by atoms with van der Waals surface area (Å²) in [4.78, 5) is 21.0. The number of fused-ring (bicyclic) bond motifs is 1. The molecule has 1 aliphatic carbocycles. The molecular formula is C19H20N4O. The van der Waals surface area contributed by atoms with E-state index >= 15 is 0 Å². The second kappa shape index (κ2) is 6.07. The fourth-order valence-corrected chi connectivity index (χ4v) is 3.49. The van der Waals surface area contributed by atoms with Gasteiger partial charge in [-0.25, -0.2) is 9.97 Å². The van der Waals surface area contributed by atoms with Crippen molar-refractivity contribution in [1.29, 1.82) is 0 Å². The molecule has 0 saturated heterocycles. The number of amides is 1. The Labute approximate surface area is 140 Å². The first-order valence-corrected chi connectivity index (χ1v) is 8.36. The van der Waals surface area contributed by atoms with Crippen molar-refractivity contribution in [3.05, 3.63) is 66.4 Å². The van der Waals surface area contributed by atoms with E-state index in [-0.39, 0.29) is 11.3 Å². The highest BCUT2D eigenvalue weighted by molar-refractivity contribution is 5.97. The zero-order valence-electron chi connectivity index (χ0n) is 13.5. The maximum Gasteiger partial charge on any atom is 0.273 e. The molecule has 0 bridgehead atoms. The van der Waals surface area contributed by atoms with Crippen LogP contribution in [0.3, 0.4) is 0 Å². The number of carbonyl (C=O) groups is 1. The maximum atomic E-state index is 12.6. The van der Waals surface area contributed by atoms with Gasteiger partial charge in [0.2, 0.25) is 0 Å². The molecule has 1 saturated carbocycles. The lowest BCUT2D eigenvalue weighted by molar-refractivity contribution is 0.0856. The van der Waals surface area contributed by atoms with Gasteiger partial charge in [-0.15, -0.1) is 0 Å². The second-order valence-corrected chi connectivity index (χ2v) is 6.63. The summed E-state index contributed by atoms with van der Waals surface area (Å²) in [6.07, 6.45) is 11.5. The van der Waals surface area contributed by atoms with Crippen molar-refractivity contribution in [1.82, 2.24) is 19.7 Å². The van der Waals surface area contributed by atoms with Crippen molar-refractivity contribution in [2.75, 3.05) is 6.54 Å². The Bertz CT molecular complexity index is 852. The SMILES string of the molecule is O=C(NCC1(Cc2ccccc2)CCC1)c1nccn2ccnc12. The van der Waals surface area contributed by atoms with Crippen molar-refractivity contribution >= 4 is 11.6 Å². The molecule has 24 heavy (non-hydrogen) atoms. The van der Waals surface area contributed by atoms with Crippen molar-refractivity contribution in [3.63, 3.8) is 0 Å². The van der Waals surface area contributed by atoms with E-state index in [1.165, 1.54) is 12.0 Å². The molecule has 4 rings (SSSR count). The molecule has 3 aromatic rings. The Morgan fingerprint density at radius 3 is 2.58 bits per heavy atom. The van der Waals surface area contributed by atoms with Gasteiger partial charge >= 0.3 is 0 Å². The molecule has 0 atom stereocenters. The van der Waals surface area contributed by atoms with Gasteiger partial charge in [0.15, 0.2) is 11.3 Å². The Balaban J connectivity index is 1.47. The van der Waals surface area contributed by atoms with Crippen LogP contribution in [0.1, 0.15) is 35.3 Å². The second-order valence-electron chi connectivity index (χ2n) is 6.63. The number of benzene rings is 1. The summed E-state index contributed by atoms with van der Waals surface area (Å²) in [5, 5.41) is 3.09. The van der Waals surface area contributed by atoms with Crippen molar-refractivity contribution in [3.8, 4) is 0 Å². The third-order valence-electron chi connectivity index (χ3n) is 4.99. The van der Waals surface area contributed by atoms with Crippen LogP contribution in [-0.2, 0) is 6.42 Å². The zero-order valence-corrected chi connectivity index (χ0v) is 13.5. The van der Waals surface area contributed by atoms with Crippen LogP contribution in [-0.4, -0.2) is 26.8 Å². The first-order chi connectivity index (χ1) is 11.8. The van der Waals surface area contributed by atoms with E-state index in [1.807, 2.05) is 16.7 Å². The third-order valence-corrected chi connectivity index (χ3v) is 4.99. The monoisotopic (exact) mass is 320 g/mol. The smallest absolute Gasteiger partial charge is 0.273 e. The van der Waals surface area contributed by atoms with Crippen LogP contribution in [0.2, 0.25) is 0 Å². The number of rotatable bonds is 5. The molecule has 1 amide bonds. The quantitative estimate of drug-likeness (QED) is 0.786. The minimum Gasteiger partial charge on any atom is -0.350 e. The fourth-order valence-electron chi connectivity index (χ4n) is 3.49. The molecule has 1 N–H and O–H groups in total. The maximum absolute atomic E-state index is 12.6. The first kappa shape index (κ1) is 14.9. The number of aromatic nitrogens is 3. The summed E-state index contributed by atoms with van der Waals surface area (Å²) < 4.78 is 1.81. The van der Waals surface area contributed by atoms with E-state index in [1.54, 1.807) is 18.6 Å². The largest absolute Gasteiger partial charge is 0.350 e. The summed E-state index contributed by atoms with van der Waals surface area (Å²) in [5.74, 6) is -0.147. The van der Waals surface area contributed by atoms with Crippen molar-refractivity contribution < 1.29 is 4.79 Å². The molecule has 5 nitrogen and oxygen atoms in total.